The summed E-state index contributed by atoms with van der Waals surface area (Å²) in [7, 11) is 0. The van der Waals surface area contributed by atoms with Gasteiger partial charge in [0.05, 0.1) is 4.92 Å². The molecule has 0 heterocycles. The Kier molecular flexibility index (Phi) is 4.95. The molecule has 0 spiro atoms. The van der Waals surface area contributed by atoms with Gasteiger partial charge in [0, 0.05) is 17.8 Å². The Morgan fingerprint density at radius 2 is 1.83 bits per heavy atom. The zero-order valence-corrected chi connectivity index (χ0v) is 13.2. The highest BCUT2D eigenvalue weighted by Gasteiger charge is 2.16. The molecule has 0 radical (unpaired) electrons. The Balaban J connectivity index is 2.02. The van der Waals surface area contributed by atoms with Gasteiger partial charge in [-0.05, 0) is 50.1 Å². The van der Waals surface area contributed by atoms with Gasteiger partial charge in [0.15, 0.2) is 6.10 Å². The average molecular weight is 314 g/mol. The molecule has 1 atom stereocenters. The summed E-state index contributed by atoms with van der Waals surface area (Å²) in [4.78, 5) is 22.3. The SMILES string of the molecule is Cc1ccc(C)c(OC(C)C(=O)Nc2ccc([N+](=O)[O-])cc2)c1. The standard InChI is InChI=1S/C17H18N2O4/c1-11-4-5-12(2)16(10-11)23-13(3)17(20)18-14-6-8-15(9-7-14)19(21)22/h4-10,13H,1-3H3,(H,18,20). The zero-order valence-electron chi connectivity index (χ0n) is 13.2. The van der Waals surface area contributed by atoms with Gasteiger partial charge in [0.25, 0.3) is 11.6 Å². The molecule has 6 heteroatoms. The Morgan fingerprint density at radius 1 is 1.17 bits per heavy atom. The highest BCUT2D eigenvalue weighted by molar-refractivity contribution is 5.94. The second kappa shape index (κ2) is 6.91. The van der Waals surface area contributed by atoms with Crippen LogP contribution in [0.1, 0.15) is 18.1 Å². The van der Waals surface area contributed by atoms with E-state index in [1.54, 1.807) is 6.92 Å². The molecule has 0 aliphatic heterocycles. The van der Waals surface area contributed by atoms with Crippen molar-refractivity contribution in [2.24, 2.45) is 0 Å². The maximum absolute atomic E-state index is 12.2. The summed E-state index contributed by atoms with van der Waals surface area (Å²) < 4.78 is 5.70. The minimum atomic E-state index is -0.689. The van der Waals surface area contributed by atoms with Gasteiger partial charge in [-0.25, -0.2) is 0 Å². The van der Waals surface area contributed by atoms with Crippen molar-refractivity contribution in [1.29, 1.82) is 0 Å². The van der Waals surface area contributed by atoms with E-state index in [4.69, 9.17) is 4.74 Å². The van der Waals surface area contributed by atoms with Gasteiger partial charge in [-0.3, -0.25) is 14.9 Å². The molecule has 1 unspecified atom stereocenters. The fraction of sp³-hybridized carbons (Fsp3) is 0.235. The molecule has 0 bridgehead atoms. The van der Waals surface area contributed by atoms with Gasteiger partial charge >= 0.3 is 0 Å². The molecule has 1 amide bonds. The van der Waals surface area contributed by atoms with E-state index in [0.29, 0.717) is 11.4 Å². The van der Waals surface area contributed by atoms with Gasteiger partial charge in [-0.1, -0.05) is 12.1 Å². The highest BCUT2D eigenvalue weighted by Crippen LogP contribution is 2.21. The van der Waals surface area contributed by atoms with Crippen LogP contribution >= 0.6 is 0 Å². The van der Waals surface area contributed by atoms with E-state index in [9.17, 15) is 14.9 Å². The Hall–Kier alpha value is -2.89. The largest absolute Gasteiger partial charge is 0.481 e. The number of hydrogen-bond donors (Lipinski definition) is 1. The first-order chi connectivity index (χ1) is 10.9. The second-order valence-corrected chi connectivity index (χ2v) is 5.32. The number of carbonyl (C=O) groups is 1. The van der Waals surface area contributed by atoms with Crippen molar-refractivity contribution < 1.29 is 14.5 Å². The molecule has 0 aliphatic rings. The van der Waals surface area contributed by atoms with Gasteiger partial charge in [0.2, 0.25) is 0 Å². The maximum atomic E-state index is 12.2. The van der Waals surface area contributed by atoms with E-state index >= 15 is 0 Å². The number of nitro benzene ring substituents is 1. The van der Waals surface area contributed by atoms with Crippen LogP contribution in [-0.2, 0) is 4.79 Å². The number of hydrogen-bond acceptors (Lipinski definition) is 4. The monoisotopic (exact) mass is 314 g/mol. The Labute approximate surface area is 134 Å². The molecule has 0 saturated heterocycles. The van der Waals surface area contributed by atoms with Crippen LogP contribution in [0.5, 0.6) is 5.75 Å². The van der Waals surface area contributed by atoms with Crippen molar-refractivity contribution in [2.45, 2.75) is 26.9 Å². The summed E-state index contributed by atoms with van der Waals surface area (Å²) in [5.41, 5.74) is 2.46. The number of anilines is 1. The molecule has 6 nitrogen and oxygen atoms in total. The van der Waals surface area contributed by atoms with E-state index in [1.165, 1.54) is 24.3 Å². The average Bonchev–Trinajstić information content (AvgIpc) is 2.51. The number of ether oxygens (including phenoxy) is 1. The van der Waals surface area contributed by atoms with E-state index in [2.05, 4.69) is 5.32 Å². The van der Waals surface area contributed by atoms with Crippen LogP contribution in [0, 0.1) is 24.0 Å². The lowest BCUT2D eigenvalue weighted by atomic mass is 10.1. The predicted octanol–water partition coefficient (Wildman–Crippen LogP) is 3.62. The minimum absolute atomic E-state index is 0.0253. The van der Waals surface area contributed by atoms with Crippen molar-refractivity contribution >= 4 is 17.3 Å². The first kappa shape index (κ1) is 16.5. The number of benzene rings is 2. The number of aryl methyl sites for hydroxylation is 2. The van der Waals surface area contributed by atoms with Gasteiger partial charge in [-0.2, -0.15) is 0 Å². The quantitative estimate of drug-likeness (QED) is 0.675. The number of nitrogens with one attached hydrogen (secondary N) is 1. The van der Waals surface area contributed by atoms with Crippen molar-refractivity contribution in [3.8, 4) is 5.75 Å². The lowest BCUT2D eigenvalue weighted by Gasteiger charge is -2.16. The molecule has 2 rings (SSSR count). The molecule has 23 heavy (non-hydrogen) atoms. The van der Waals surface area contributed by atoms with Crippen molar-refractivity contribution in [2.75, 3.05) is 5.32 Å². The summed E-state index contributed by atoms with van der Waals surface area (Å²) >= 11 is 0. The van der Waals surface area contributed by atoms with E-state index in [-0.39, 0.29) is 11.6 Å². The number of nitrogens with zero attached hydrogens (tertiary/aromatic N) is 1. The van der Waals surface area contributed by atoms with Crippen LogP contribution < -0.4 is 10.1 Å². The number of amides is 1. The van der Waals surface area contributed by atoms with Gasteiger partial charge < -0.3 is 10.1 Å². The molecule has 1 N–H and O–H groups in total. The summed E-state index contributed by atoms with van der Waals surface area (Å²) in [6.45, 7) is 5.52. The minimum Gasteiger partial charge on any atom is -0.481 e. The Bertz CT molecular complexity index is 726. The molecule has 0 saturated carbocycles. The fourth-order valence-electron chi connectivity index (χ4n) is 1.99. The lowest BCUT2D eigenvalue weighted by molar-refractivity contribution is -0.384. The van der Waals surface area contributed by atoms with Crippen LogP contribution in [0.3, 0.4) is 0 Å². The molecule has 2 aromatic rings. The third-order valence-corrected chi connectivity index (χ3v) is 3.36. The molecule has 120 valence electrons. The van der Waals surface area contributed by atoms with Crippen LogP contribution in [0.4, 0.5) is 11.4 Å². The number of rotatable bonds is 5. The first-order valence-electron chi connectivity index (χ1n) is 7.16. The molecule has 2 aromatic carbocycles. The van der Waals surface area contributed by atoms with Crippen LogP contribution in [-0.4, -0.2) is 16.9 Å². The van der Waals surface area contributed by atoms with Crippen molar-refractivity contribution in [1.82, 2.24) is 0 Å². The number of non-ortho nitro benzene ring substituents is 1. The smallest absolute Gasteiger partial charge is 0.269 e. The summed E-state index contributed by atoms with van der Waals surface area (Å²) in [6.07, 6.45) is -0.689. The normalized spacial score (nSPS) is 11.6. The molecular formula is C17H18N2O4. The first-order valence-corrected chi connectivity index (χ1v) is 7.16. The van der Waals surface area contributed by atoms with Crippen LogP contribution in [0.25, 0.3) is 0 Å². The highest BCUT2D eigenvalue weighted by atomic mass is 16.6. The van der Waals surface area contributed by atoms with E-state index in [1.807, 2.05) is 32.0 Å². The Morgan fingerprint density at radius 3 is 2.43 bits per heavy atom. The number of carbonyl (C=O) groups excluding carboxylic acids is 1. The van der Waals surface area contributed by atoms with E-state index < -0.39 is 11.0 Å². The molecule has 0 fully saturated rings. The summed E-state index contributed by atoms with van der Waals surface area (Å²) in [6, 6.07) is 11.4. The summed E-state index contributed by atoms with van der Waals surface area (Å²) in [5, 5.41) is 13.3. The molecule has 0 aromatic heterocycles. The van der Waals surface area contributed by atoms with Gasteiger partial charge in [-0.15, -0.1) is 0 Å². The van der Waals surface area contributed by atoms with Crippen molar-refractivity contribution in [3.63, 3.8) is 0 Å². The fourth-order valence-corrected chi connectivity index (χ4v) is 1.99. The molecular weight excluding hydrogens is 296 g/mol. The maximum Gasteiger partial charge on any atom is 0.269 e. The third-order valence-electron chi connectivity index (χ3n) is 3.36. The van der Waals surface area contributed by atoms with Crippen LogP contribution in [0.15, 0.2) is 42.5 Å². The van der Waals surface area contributed by atoms with E-state index in [0.717, 1.165) is 11.1 Å². The van der Waals surface area contributed by atoms with Crippen molar-refractivity contribution in [3.05, 3.63) is 63.7 Å². The number of nitro groups is 1. The lowest BCUT2D eigenvalue weighted by Crippen LogP contribution is -2.30. The van der Waals surface area contributed by atoms with Crippen LogP contribution in [0.2, 0.25) is 0 Å². The third kappa shape index (κ3) is 4.29. The molecule has 0 aliphatic carbocycles. The summed E-state index contributed by atoms with van der Waals surface area (Å²) in [5.74, 6) is 0.344. The predicted molar refractivity (Wildman–Crippen MR) is 87.7 cm³/mol. The van der Waals surface area contributed by atoms with Gasteiger partial charge in [0.1, 0.15) is 5.75 Å². The second-order valence-electron chi connectivity index (χ2n) is 5.32. The topological polar surface area (TPSA) is 81.5 Å². The zero-order chi connectivity index (χ0) is 17.0.